The first-order valence-corrected chi connectivity index (χ1v) is 10.4. The van der Waals surface area contributed by atoms with Crippen molar-refractivity contribution in [3.8, 4) is 0 Å². The molecular formula is C25H21FN4O4. The van der Waals surface area contributed by atoms with Crippen LogP contribution in [-0.2, 0) is 17.9 Å². The Balaban J connectivity index is 1.76. The van der Waals surface area contributed by atoms with Crippen molar-refractivity contribution in [2.45, 2.75) is 13.1 Å². The number of aromatic amines is 1. The predicted molar refractivity (Wildman–Crippen MR) is 127 cm³/mol. The normalized spacial score (nSPS) is 11.1. The van der Waals surface area contributed by atoms with Crippen molar-refractivity contribution in [2.75, 3.05) is 10.6 Å². The number of halogens is 1. The summed E-state index contributed by atoms with van der Waals surface area (Å²) >= 11 is 0. The van der Waals surface area contributed by atoms with Crippen LogP contribution in [0.2, 0.25) is 0 Å². The maximum absolute atomic E-state index is 13.5. The molecule has 34 heavy (non-hydrogen) atoms. The molecular weight excluding hydrogens is 439 g/mol. The molecule has 0 aliphatic carbocycles. The molecule has 0 atom stereocenters. The Morgan fingerprint density at radius 3 is 2.59 bits per heavy atom. The van der Waals surface area contributed by atoms with E-state index in [9.17, 15) is 18.8 Å². The molecule has 3 N–H and O–H groups in total. The molecule has 1 amide bonds. The summed E-state index contributed by atoms with van der Waals surface area (Å²) in [7, 11) is 0. The van der Waals surface area contributed by atoms with E-state index < -0.39 is 23.0 Å². The lowest BCUT2D eigenvalue weighted by Gasteiger charge is -2.22. The average Bonchev–Trinajstić information content (AvgIpc) is 3.33. The van der Waals surface area contributed by atoms with Crippen LogP contribution in [0.5, 0.6) is 0 Å². The van der Waals surface area contributed by atoms with E-state index in [1.54, 1.807) is 18.2 Å². The number of benzene rings is 2. The topological polar surface area (TPSA) is 114 Å². The number of rotatable bonds is 7. The number of aromatic nitrogens is 2. The fourth-order valence-corrected chi connectivity index (χ4v) is 3.45. The molecule has 2 aromatic heterocycles. The zero-order chi connectivity index (χ0) is 24.1. The average molecular weight is 460 g/mol. The van der Waals surface area contributed by atoms with Gasteiger partial charge >= 0.3 is 5.69 Å². The molecule has 0 fully saturated rings. The van der Waals surface area contributed by atoms with E-state index >= 15 is 0 Å². The summed E-state index contributed by atoms with van der Waals surface area (Å²) in [4.78, 5) is 41.9. The Hall–Kier alpha value is -4.66. The van der Waals surface area contributed by atoms with E-state index in [0.29, 0.717) is 11.3 Å². The number of carbonyl (C=O) groups excluding carboxylic acids is 1. The molecule has 0 saturated heterocycles. The SMILES string of the molecule is Nc1c(N(Cc2ccco2)C(=O)C=Cc2cccc(F)c2)c(=O)[nH]c(=O)n1Cc1ccccc1. The molecule has 0 aliphatic heterocycles. The maximum Gasteiger partial charge on any atom is 0.330 e. The third kappa shape index (κ3) is 5.04. The summed E-state index contributed by atoms with van der Waals surface area (Å²) in [5, 5.41) is 0. The summed E-state index contributed by atoms with van der Waals surface area (Å²) in [6.45, 7) is -0.0205. The van der Waals surface area contributed by atoms with E-state index in [0.717, 1.165) is 10.5 Å². The minimum absolute atomic E-state index is 0.0944. The van der Waals surface area contributed by atoms with Crippen molar-refractivity contribution in [3.05, 3.63) is 123 Å². The van der Waals surface area contributed by atoms with Crippen LogP contribution >= 0.6 is 0 Å². The van der Waals surface area contributed by atoms with Gasteiger partial charge in [-0.2, -0.15) is 0 Å². The van der Waals surface area contributed by atoms with E-state index in [-0.39, 0.29) is 24.6 Å². The van der Waals surface area contributed by atoms with Crippen LogP contribution < -0.4 is 21.9 Å². The van der Waals surface area contributed by atoms with E-state index in [2.05, 4.69) is 4.98 Å². The lowest BCUT2D eigenvalue weighted by molar-refractivity contribution is -0.114. The van der Waals surface area contributed by atoms with Gasteiger partial charge in [0.2, 0.25) is 0 Å². The number of amides is 1. The molecule has 0 saturated carbocycles. The monoisotopic (exact) mass is 460 g/mol. The van der Waals surface area contributed by atoms with Crippen LogP contribution in [0.4, 0.5) is 15.9 Å². The second-order valence-corrected chi connectivity index (χ2v) is 7.46. The molecule has 0 spiro atoms. The number of nitrogens with zero attached hydrogens (tertiary/aromatic N) is 2. The van der Waals surface area contributed by atoms with E-state index in [1.165, 1.54) is 41.2 Å². The van der Waals surface area contributed by atoms with Gasteiger partial charge in [-0.05, 0) is 41.5 Å². The number of nitrogens with one attached hydrogen (secondary N) is 1. The summed E-state index contributed by atoms with van der Waals surface area (Å²) in [5.41, 5.74) is 5.81. The molecule has 0 radical (unpaired) electrons. The highest BCUT2D eigenvalue weighted by molar-refractivity contribution is 6.05. The van der Waals surface area contributed by atoms with Gasteiger partial charge in [0.05, 0.1) is 19.4 Å². The van der Waals surface area contributed by atoms with Crippen LogP contribution in [0.1, 0.15) is 16.9 Å². The smallest absolute Gasteiger partial charge is 0.330 e. The van der Waals surface area contributed by atoms with Crippen molar-refractivity contribution in [2.24, 2.45) is 0 Å². The maximum atomic E-state index is 13.5. The molecule has 172 valence electrons. The molecule has 2 heterocycles. The van der Waals surface area contributed by atoms with Gasteiger partial charge in [-0.15, -0.1) is 0 Å². The molecule has 2 aromatic carbocycles. The van der Waals surface area contributed by atoms with Crippen LogP contribution in [0, 0.1) is 5.82 Å². The molecule has 4 rings (SSSR count). The van der Waals surface area contributed by atoms with Crippen LogP contribution in [-0.4, -0.2) is 15.5 Å². The summed E-state index contributed by atoms with van der Waals surface area (Å²) in [5.74, 6) is -0.831. The van der Waals surface area contributed by atoms with Crippen molar-refractivity contribution in [1.82, 2.24) is 9.55 Å². The van der Waals surface area contributed by atoms with Crippen LogP contribution in [0.15, 0.2) is 93.1 Å². The first kappa shape index (κ1) is 22.5. The molecule has 0 bridgehead atoms. The quantitative estimate of drug-likeness (QED) is 0.411. The van der Waals surface area contributed by atoms with Gasteiger partial charge < -0.3 is 10.2 Å². The number of nitrogen functional groups attached to an aromatic ring is 1. The van der Waals surface area contributed by atoms with Gasteiger partial charge in [-0.3, -0.25) is 24.0 Å². The third-order valence-electron chi connectivity index (χ3n) is 5.09. The zero-order valence-corrected chi connectivity index (χ0v) is 18.0. The molecule has 8 nitrogen and oxygen atoms in total. The lowest BCUT2D eigenvalue weighted by Crippen LogP contribution is -2.40. The zero-order valence-electron chi connectivity index (χ0n) is 18.0. The van der Waals surface area contributed by atoms with Crippen LogP contribution in [0.25, 0.3) is 6.08 Å². The first-order valence-electron chi connectivity index (χ1n) is 10.4. The number of anilines is 2. The van der Waals surface area contributed by atoms with Gasteiger partial charge in [0.15, 0.2) is 5.69 Å². The Kier molecular flexibility index (Phi) is 6.54. The van der Waals surface area contributed by atoms with Gasteiger partial charge in [0.1, 0.15) is 17.4 Å². The number of furan rings is 1. The minimum atomic E-state index is -0.814. The van der Waals surface area contributed by atoms with E-state index in [1.807, 2.05) is 30.3 Å². The number of nitrogens with two attached hydrogens (primary N) is 1. The highest BCUT2D eigenvalue weighted by Crippen LogP contribution is 2.21. The molecule has 4 aromatic rings. The Morgan fingerprint density at radius 2 is 1.88 bits per heavy atom. The Bertz CT molecular complexity index is 1440. The summed E-state index contributed by atoms with van der Waals surface area (Å²) in [6.07, 6.45) is 4.05. The van der Waals surface area contributed by atoms with Crippen LogP contribution in [0.3, 0.4) is 0 Å². The first-order chi connectivity index (χ1) is 16.4. The van der Waals surface area contributed by atoms with Crippen molar-refractivity contribution in [1.29, 1.82) is 0 Å². The number of hydrogen-bond acceptors (Lipinski definition) is 5. The van der Waals surface area contributed by atoms with Crippen molar-refractivity contribution < 1.29 is 13.6 Å². The Labute approximate surface area is 193 Å². The predicted octanol–water partition coefficient (Wildman–Crippen LogP) is 3.15. The van der Waals surface area contributed by atoms with Gasteiger partial charge in [-0.1, -0.05) is 42.5 Å². The lowest BCUT2D eigenvalue weighted by atomic mass is 10.2. The highest BCUT2D eigenvalue weighted by atomic mass is 19.1. The fraction of sp³-hybridized carbons (Fsp3) is 0.0800. The fourth-order valence-electron chi connectivity index (χ4n) is 3.45. The van der Waals surface area contributed by atoms with Gasteiger partial charge in [0.25, 0.3) is 11.5 Å². The third-order valence-corrected chi connectivity index (χ3v) is 5.09. The Morgan fingerprint density at radius 1 is 1.09 bits per heavy atom. The molecule has 0 aliphatic rings. The highest BCUT2D eigenvalue weighted by Gasteiger charge is 2.24. The second-order valence-electron chi connectivity index (χ2n) is 7.46. The van der Waals surface area contributed by atoms with Crippen molar-refractivity contribution >= 4 is 23.5 Å². The summed E-state index contributed by atoms with van der Waals surface area (Å²) < 4.78 is 20.0. The second kappa shape index (κ2) is 9.86. The largest absolute Gasteiger partial charge is 0.467 e. The number of hydrogen-bond donors (Lipinski definition) is 2. The molecule has 0 unspecified atom stereocenters. The van der Waals surface area contributed by atoms with Crippen molar-refractivity contribution in [3.63, 3.8) is 0 Å². The minimum Gasteiger partial charge on any atom is -0.467 e. The summed E-state index contributed by atoms with van der Waals surface area (Å²) in [6, 6.07) is 18.1. The molecule has 9 heteroatoms. The van der Waals surface area contributed by atoms with Gasteiger partial charge in [-0.25, -0.2) is 9.18 Å². The van der Waals surface area contributed by atoms with E-state index in [4.69, 9.17) is 10.2 Å². The standard InChI is InChI=1S/C25H21FN4O4/c26-19-9-4-8-17(14-19)11-12-21(31)29(16-20-10-5-13-34-20)22-23(27)30(25(33)28-24(22)32)15-18-6-2-1-3-7-18/h1-14H,15-16,27H2,(H,28,32,33). The van der Waals surface area contributed by atoms with Gasteiger partial charge in [0, 0.05) is 6.08 Å². The number of carbonyl (C=O) groups is 1. The number of H-pyrrole nitrogens is 1.